The van der Waals surface area contributed by atoms with Crippen LogP contribution in [0.5, 0.6) is 5.75 Å². The van der Waals surface area contributed by atoms with E-state index in [1.807, 2.05) is 42.5 Å². The number of nitrogens with zero attached hydrogens (tertiary/aromatic N) is 1. The molecule has 2 unspecified atom stereocenters. The van der Waals surface area contributed by atoms with Gasteiger partial charge in [-0.25, -0.2) is 0 Å². The first-order chi connectivity index (χ1) is 10.8. The van der Waals surface area contributed by atoms with E-state index >= 15 is 0 Å². The summed E-state index contributed by atoms with van der Waals surface area (Å²) >= 11 is 0. The van der Waals surface area contributed by atoms with Crippen molar-refractivity contribution in [1.29, 1.82) is 0 Å². The van der Waals surface area contributed by atoms with Crippen LogP contribution in [0.3, 0.4) is 0 Å². The van der Waals surface area contributed by atoms with Crippen molar-refractivity contribution < 1.29 is 14.9 Å². The smallest absolute Gasteiger partial charge is 0.142 e. The minimum absolute atomic E-state index is 0.0391. The van der Waals surface area contributed by atoms with Crippen LogP contribution in [0, 0.1) is 0 Å². The molecule has 22 heavy (non-hydrogen) atoms. The number of benzene rings is 2. The summed E-state index contributed by atoms with van der Waals surface area (Å²) in [6, 6.07) is 18.2. The molecule has 0 fully saturated rings. The van der Waals surface area contributed by atoms with E-state index in [-0.39, 0.29) is 12.6 Å². The number of hydrogen-bond donors (Lipinski definition) is 2. The summed E-state index contributed by atoms with van der Waals surface area (Å²) in [5, 5.41) is 18.9. The summed E-state index contributed by atoms with van der Waals surface area (Å²) < 4.78 is 5.81. The molecule has 0 spiro atoms. The first-order valence-electron chi connectivity index (χ1n) is 7.59. The van der Waals surface area contributed by atoms with Crippen LogP contribution in [0.25, 0.3) is 0 Å². The molecular formula is C18H21NO3. The largest absolute Gasteiger partial charge is 0.489 e. The van der Waals surface area contributed by atoms with Crippen molar-refractivity contribution in [3.8, 4) is 5.75 Å². The van der Waals surface area contributed by atoms with E-state index in [0.717, 1.165) is 18.0 Å². The molecule has 116 valence electrons. The van der Waals surface area contributed by atoms with E-state index in [2.05, 4.69) is 17.0 Å². The zero-order chi connectivity index (χ0) is 15.4. The van der Waals surface area contributed by atoms with Gasteiger partial charge in [0, 0.05) is 6.54 Å². The van der Waals surface area contributed by atoms with Gasteiger partial charge in [-0.1, -0.05) is 42.5 Å². The number of ether oxygens (including phenoxy) is 1. The van der Waals surface area contributed by atoms with Gasteiger partial charge < -0.3 is 19.8 Å². The Bertz CT molecular complexity index is 602. The first kappa shape index (κ1) is 14.9. The van der Waals surface area contributed by atoms with Crippen molar-refractivity contribution in [2.75, 3.05) is 18.1 Å². The van der Waals surface area contributed by atoms with Crippen LogP contribution in [-0.2, 0) is 6.54 Å². The second-order valence-corrected chi connectivity index (χ2v) is 5.62. The number of aliphatic hydroxyl groups is 2. The van der Waals surface area contributed by atoms with Crippen molar-refractivity contribution in [3.63, 3.8) is 0 Å². The lowest BCUT2D eigenvalue weighted by Crippen LogP contribution is -2.45. The van der Waals surface area contributed by atoms with E-state index in [9.17, 15) is 5.11 Å². The van der Waals surface area contributed by atoms with Gasteiger partial charge in [-0.2, -0.15) is 0 Å². The average Bonchev–Trinajstić information content (AvgIpc) is 2.57. The zero-order valence-corrected chi connectivity index (χ0v) is 12.4. The van der Waals surface area contributed by atoms with Crippen molar-refractivity contribution in [2.45, 2.75) is 25.1 Å². The van der Waals surface area contributed by atoms with Crippen molar-refractivity contribution in [3.05, 3.63) is 60.2 Å². The van der Waals surface area contributed by atoms with Crippen molar-refractivity contribution in [1.82, 2.24) is 0 Å². The predicted molar refractivity (Wildman–Crippen MR) is 86.1 cm³/mol. The number of para-hydroxylation sites is 2. The lowest BCUT2D eigenvalue weighted by atomic mass is 10.0. The molecule has 2 N–H and O–H groups in total. The predicted octanol–water partition coefficient (Wildman–Crippen LogP) is 2.20. The number of anilines is 1. The monoisotopic (exact) mass is 299 g/mol. The minimum Gasteiger partial charge on any atom is -0.489 e. The maximum Gasteiger partial charge on any atom is 0.142 e. The van der Waals surface area contributed by atoms with Crippen LogP contribution in [-0.4, -0.2) is 35.6 Å². The van der Waals surface area contributed by atoms with Crippen molar-refractivity contribution >= 4 is 5.69 Å². The first-order valence-corrected chi connectivity index (χ1v) is 7.59. The molecule has 1 aliphatic heterocycles. The molecule has 0 amide bonds. The highest BCUT2D eigenvalue weighted by Gasteiger charge is 2.29. The molecule has 4 heteroatoms. The third-order valence-corrected chi connectivity index (χ3v) is 4.00. The fourth-order valence-electron chi connectivity index (χ4n) is 2.87. The van der Waals surface area contributed by atoms with E-state index in [4.69, 9.17) is 9.84 Å². The summed E-state index contributed by atoms with van der Waals surface area (Å²) in [5.74, 6) is 0.869. The molecule has 1 heterocycles. The molecule has 0 aromatic heterocycles. The molecule has 2 atom stereocenters. The van der Waals surface area contributed by atoms with Crippen LogP contribution in [0.1, 0.15) is 12.0 Å². The molecule has 0 aliphatic carbocycles. The molecular weight excluding hydrogens is 278 g/mol. The summed E-state index contributed by atoms with van der Waals surface area (Å²) in [6.07, 6.45) is -0.241. The number of hydrogen-bond acceptors (Lipinski definition) is 4. The van der Waals surface area contributed by atoms with Gasteiger partial charge in [0.15, 0.2) is 0 Å². The standard InChI is InChI=1S/C18H21NO3/c20-12-16(21)10-15-13-22-18-9-5-4-8-17(18)19(15)11-14-6-2-1-3-7-14/h1-9,15-16,20-21H,10-13H2. The van der Waals surface area contributed by atoms with E-state index in [1.165, 1.54) is 5.56 Å². The molecule has 1 aliphatic rings. The number of aliphatic hydroxyl groups excluding tert-OH is 2. The van der Waals surface area contributed by atoms with Gasteiger partial charge in [0.1, 0.15) is 12.4 Å². The third kappa shape index (κ3) is 3.24. The van der Waals surface area contributed by atoms with Gasteiger partial charge in [0.05, 0.1) is 24.4 Å². The highest BCUT2D eigenvalue weighted by atomic mass is 16.5. The Morgan fingerprint density at radius 1 is 1.09 bits per heavy atom. The highest BCUT2D eigenvalue weighted by Crippen LogP contribution is 2.35. The Morgan fingerprint density at radius 2 is 1.82 bits per heavy atom. The van der Waals surface area contributed by atoms with Crippen LogP contribution < -0.4 is 9.64 Å². The fraction of sp³-hybridized carbons (Fsp3) is 0.333. The maximum atomic E-state index is 9.81. The maximum absolute atomic E-state index is 9.81. The Morgan fingerprint density at radius 3 is 2.59 bits per heavy atom. The Labute approximate surface area is 130 Å². The van der Waals surface area contributed by atoms with Gasteiger partial charge in [-0.05, 0) is 24.1 Å². The van der Waals surface area contributed by atoms with Gasteiger partial charge in [-0.3, -0.25) is 0 Å². The molecule has 0 bridgehead atoms. The van der Waals surface area contributed by atoms with Gasteiger partial charge >= 0.3 is 0 Å². The van der Waals surface area contributed by atoms with Crippen molar-refractivity contribution in [2.24, 2.45) is 0 Å². The number of rotatable bonds is 5. The molecule has 2 aromatic carbocycles. The molecule has 0 radical (unpaired) electrons. The third-order valence-electron chi connectivity index (χ3n) is 4.00. The van der Waals surface area contributed by atoms with E-state index in [1.54, 1.807) is 0 Å². The normalized spacial score (nSPS) is 18.5. The highest BCUT2D eigenvalue weighted by molar-refractivity contribution is 5.60. The van der Waals surface area contributed by atoms with Gasteiger partial charge in [0.25, 0.3) is 0 Å². The van der Waals surface area contributed by atoms with Gasteiger partial charge in [0.2, 0.25) is 0 Å². The van der Waals surface area contributed by atoms with Crippen LogP contribution in [0.4, 0.5) is 5.69 Å². The second kappa shape index (κ2) is 6.81. The van der Waals surface area contributed by atoms with Crippen LogP contribution in [0.2, 0.25) is 0 Å². The SMILES string of the molecule is OCC(O)CC1COc2ccccc2N1Cc1ccccc1. The second-order valence-electron chi connectivity index (χ2n) is 5.62. The summed E-state index contributed by atoms with van der Waals surface area (Å²) in [6.45, 7) is 1.04. The Balaban J connectivity index is 1.88. The average molecular weight is 299 g/mol. The van der Waals surface area contributed by atoms with E-state index in [0.29, 0.717) is 13.0 Å². The minimum atomic E-state index is -0.725. The quantitative estimate of drug-likeness (QED) is 0.889. The lowest BCUT2D eigenvalue weighted by Gasteiger charge is -2.39. The summed E-state index contributed by atoms with van der Waals surface area (Å²) in [5.41, 5.74) is 2.25. The Hall–Kier alpha value is -2.04. The molecule has 0 saturated heterocycles. The Kier molecular flexibility index (Phi) is 4.61. The summed E-state index contributed by atoms with van der Waals surface area (Å²) in [4.78, 5) is 2.26. The zero-order valence-electron chi connectivity index (χ0n) is 12.4. The molecule has 2 aromatic rings. The van der Waals surface area contributed by atoms with Crippen LogP contribution in [0.15, 0.2) is 54.6 Å². The van der Waals surface area contributed by atoms with E-state index < -0.39 is 6.10 Å². The number of fused-ring (bicyclic) bond motifs is 1. The lowest BCUT2D eigenvalue weighted by molar-refractivity contribution is 0.0741. The van der Waals surface area contributed by atoms with Gasteiger partial charge in [-0.15, -0.1) is 0 Å². The molecule has 3 rings (SSSR count). The van der Waals surface area contributed by atoms with Crippen LogP contribution >= 0.6 is 0 Å². The molecule has 4 nitrogen and oxygen atoms in total. The molecule has 0 saturated carbocycles. The fourth-order valence-corrected chi connectivity index (χ4v) is 2.87. The summed E-state index contributed by atoms with van der Waals surface area (Å²) in [7, 11) is 0. The topological polar surface area (TPSA) is 52.9 Å².